The van der Waals surface area contributed by atoms with Gasteiger partial charge in [0, 0.05) is 35.5 Å². The number of phenolic OH excluding ortho intramolecular Hbond substituents is 1. The van der Waals surface area contributed by atoms with Crippen LogP contribution in [0.15, 0.2) is 59.7 Å². The van der Waals surface area contributed by atoms with Crippen molar-refractivity contribution in [2.45, 2.75) is 0 Å². The molecule has 6 heteroatoms. The van der Waals surface area contributed by atoms with Crippen LogP contribution in [0.3, 0.4) is 0 Å². The summed E-state index contributed by atoms with van der Waals surface area (Å²) in [4.78, 5) is 18.8. The minimum atomic E-state index is -0.515. The highest BCUT2D eigenvalue weighted by Crippen LogP contribution is 2.26. The fourth-order valence-electron chi connectivity index (χ4n) is 2.10. The summed E-state index contributed by atoms with van der Waals surface area (Å²) in [5.41, 5.74) is 1.67. The molecule has 6 nitrogen and oxygen atoms in total. The first-order valence-corrected chi connectivity index (χ1v) is 6.50. The van der Waals surface area contributed by atoms with Crippen LogP contribution in [-0.4, -0.2) is 21.2 Å². The van der Waals surface area contributed by atoms with E-state index in [-0.39, 0.29) is 17.0 Å². The second-order valence-corrected chi connectivity index (χ2v) is 4.61. The number of nitro benzene ring substituents is 1. The zero-order chi connectivity index (χ0) is 15.5. The van der Waals surface area contributed by atoms with E-state index in [4.69, 9.17) is 0 Å². The van der Waals surface area contributed by atoms with Crippen molar-refractivity contribution in [1.82, 2.24) is 4.98 Å². The van der Waals surface area contributed by atoms with Gasteiger partial charge in [0.25, 0.3) is 5.69 Å². The van der Waals surface area contributed by atoms with E-state index in [1.165, 1.54) is 24.4 Å². The minimum absolute atomic E-state index is 0.0623. The number of hydrogen-bond acceptors (Lipinski definition) is 5. The molecule has 3 aromatic rings. The van der Waals surface area contributed by atoms with Gasteiger partial charge in [-0.3, -0.25) is 20.1 Å². The summed E-state index contributed by atoms with van der Waals surface area (Å²) in [6.07, 6.45) is 3.10. The number of aliphatic imine (C=N–C) groups is 1. The first kappa shape index (κ1) is 13.7. The molecule has 22 heavy (non-hydrogen) atoms. The molecule has 0 amide bonds. The monoisotopic (exact) mass is 293 g/mol. The zero-order valence-corrected chi connectivity index (χ0v) is 11.4. The normalized spacial score (nSPS) is 11.1. The maximum atomic E-state index is 10.8. The number of phenols is 1. The molecule has 0 saturated heterocycles. The number of hydrogen-bond donors (Lipinski definition) is 1. The van der Waals surface area contributed by atoms with Crippen molar-refractivity contribution in [1.29, 1.82) is 0 Å². The lowest BCUT2D eigenvalue weighted by Crippen LogP contribution is -1.90. The lowest BCUT2D eigenvalue weighted by atomic mass is 10.1. The fraction of sp³-hybridized carbons (Fsp3) is 0. The highest BCUT2D eigenvalue weighted by molar-refractivity contribution is 5.94. The van der Waals surface area contributed by atoms with Crippen molar-refractivity contribution in [2.75, 3.05) is 0 Å². The molecule has 0 aliphatic rings. The third kappa shape index (κ3) is 2.62. The number of pyridine rings is 1. The van der Waals surface area contributed by atoms with Crippen LogP contribution < -0.4 is 0 Å². The lowest BCUT2D eigenvalue weighted by molar-refractivity contribution is -0.384. The summed E-state index contributed by atoms with van der Waals surface area (Å²) in [5.74, 6) is -0.0623. The summed E-state index contributed by atoms with van der Waals surface area (Å²) in [7, 11) is 0. The predicted molar refractivity (Wildman–Crippen MR) is 83.8 cm³/mol. The smallest absolute Gasteiger partial charge is 0.270 e. The van der Waals surface area contributed by atoms with E-state index < -0.39 is 4.92 Å². The fourth-order valence-corrected chi connectivity index (χ4v) is 2.10. The number of aromatic nitrogens is 1. The van der Waals surface area contributed by atoms with E-state index in [0.29, 0.717) is 5.69 Å². The Morgan fingerprint density at radius 1 is 1.18 bits per heavy atom. The number of nitro groups is 1. The second kappa shape index (κ2) is 5.61. The average molecular weight is 293 g/mol. The highest BCUT2D eigenvalue weighted by Gasteiger charge is 2.09. The van der Waals surface area contributed by atoms with E-state index >= 15 is 0 Å². The summed E-state index contributed by atoms with van der Waals surface area (Å²) >= 11 is 0. The summed E-state index contributed by atoms with van der Waals surface area (Å²) in [5, 5.41) is 21.4. The van der Waals surface area contributed by atoms with Crippen molar-refractivity contribution in [2.24, 2.45) is 4.99 Å². The molecule has 2 aromatic carbocycles. The van der Waals surface area contributed by atoms with Crippen molar-refractivity contribution >= 4 is 28.5 Å². The molecule has 0 bridgehead atoms. The molecular formula is C16H11N3O3. The molecule has 0 spiro atoms. The first-order chi connectivity index (χ1) is 10.6. The van der Waals surface area contributed by atoms with Gasteiger partial charge in [-0.25, -0.2) is 0 Å². The Morgan fingerprint density at radius 2 is 2.05 bits per heavy atom. The van der Waals surface area contributed by atoms with Gasteiger partial charge >= 0.3 is 0 Å². The van der Waals surface area contributed by atoms with Crippen LogP contribution in [0.25, 0.3) is 10.9 Å². The Balaban J connectivity index is 2.03. The van der Waals surface area contributed by atoms with E-state index in [0.717, 1.165) is 10.9 Å². The van der Waals surface area contributed by atoms with Gasteiger partial charge in [0.15, 0.2) is 0 Å². The van der Waals surface area contributed by atoms with Crippen molar-refractivity contribution in [3.63, 3.8) is 0 Å². The van der Waals surface area contributed by atoms with Gasteiger partial charge in [-0.15, -0.1) is 0 Å². The van der Waals surface area contributed by atoms with Crippen molar-refractivity contribution in [3.8, 4) is 5.75 Å². The van der Waals surface area contributed by atoms with Gasteiger partial charge in [-0.1, -0.05) is 6.07 Å². The Morgan fingerprint density at radius 3 is 2.86 bits per heavy atom. The first-order valence-electron chi connectivity index (χ1n) is 6.50. The van der Waals surface area contributed by atoms with Crippen LogP contribution >= 0.6 is 0 Å². The Hall–Kier alpha value is -3.28. The topological polar surface area (TPSA) is 88.6 Å². The quantitative estimate of drug-likeness (QED) is 0.454. The molecule has 0 radical (unpaired) electrons. The molecule has 1 aromatic heterocycles. The van der Waals surface area contributed by atoms with Crippen LogP contribution in [0, 0.1) is 10.1 Å². The van der Waals surface area contributed by atoms with E-state index in [1.807, 2.05) is 30.3 Å². The summed E-state index contributed by atoms with van der Waals surface area (Å²) in [6, 6.07) is 13.0. The molecule has 0 aliphatic heterocycles. The number of rotatable bonds is 3. The van der Waals surface area contributed by atoms with Crippen LogP contribution in [0.4, 0.5) is 11.4 Å². The minimum Gasteiger partial charge on any atom is -0.507 e. The highest BCUT2D eigenvalue weighted by atomic mass is 16.6. The van der Waals surface area contributed by atoms with Gasteiger partial charge in [0.1, 0.15) is 5.75 Å². The number of non-ortho nitro benzene ring substituents is 1. The second-order valence-electron chi connectivity index (χ2n) is 4.61. The van der Waals surface area contributed by atoms with E-state index in [9.17, 15) is 15.2 Å². The Kier molecular flexibility index (Phi) is 3.49. The number of fused-ring (bicyclic) bond motifs is 1. The molecular weight excluding hydrogens is 282 g/mol. The van der Waals surface area contributed by atoms with Gasteiger partial charge in [-0.2, -0.15) is 0 Å². The number of aromatic hydroxyl groups is 1. The molecule has 0 saturated carbocycles. The standard InChI is InChI=1S/C16H11N3O3/c20-16-7-6-12(19(21)22)9-11(16)10-18-15-5-1-4-14-13(15)3-2-8-17-14/h1-10,20H. The van der Waals surface area contributed by atoms with Gasteiger partial charge < -0.3 is 5.11 Å². The van der Waals surface area contributed by atoms with Gasteiger partial charge in [0.05, 0.1) is 16.1 Å². The maximum Gasteiger partial charge on any atom is 0.270 e. The predicted octanol–water partition coefficient (Wildman–Crippen LogP) is 3.60. The van der Waals surface area contributed by atoms with Gasteiger partial charge in [-0.05, 0) is 30.3 Å². The SMILES string of the molecule is O=[N+]([O-])c1ccc(O)c(C=Nc2cccc3ncccc23)c1. The molecule has 1 heterocycles. The van der Waals surface area contributed by atoms with E-state index in [1.54, 1.807) is 6.20 Å². The summed E-state index contributed by atoms with van der Waals surface area (Å²) in [6.45, 7) is 0. The van der Waals surface area contributed by atoms with E-state index in [2.05, 4.69) is 9.98 Å². The third-order valence-electron chi connectivity index (χ3n) is 3.19. The van der Waals surface area contributed by atoms with Crippen molar-refractivity contribution in [3.05, 3.63) is 70.4 Å². The van der Waals surface area contributed by atoms with Crippen LogP contribution in [-0.2, 0) is 0 Å². The van der Waals surface area contributed by atoms with Crippen molar-refractivity contribution < 1.29 is 10.0 Å². The Bertz CT molecular complexity index is 885. The largest absolute Gasteiger partial charge is 0.507 e. The Labute approximate surface area is 125 Å². The lowest BCUT2D eigenvalue weighted by Gasteiger charge is -2.01. The maximum absolute atomic E-state index is 10.8. The number of benzene rings is 2. The molecule has 0 fully saturated rings. The average Bonchev–Trinajstić information content (AvgIpc) is 2.54. The molecule has 108 valence electrons. The molecule has 3 rings (SSSR count). The molecule has 1 N–H and O–H groups in total. The van der Waals surface area contributed by atoms with Crippen LogP contribution in [0.2, 0.25) is 0 Å². The van der Waals surface area contributed by atoms with Crippen LogP contribution in [0.1, 0.15) is 5.56 Å². The number of nitrogens with zero attached hydrogens (tertiary/aromatic N) is 3. The summed E-state index contributed by atoms with van der Waals surface area (Å²) < 4.78 is 0. The zero-order valence-electron chi connectivity index (χ0n) is 11.4. The molecule has 0 unspecified atom stereocenters. The van der Waals surface area contributed by atoms with Gasteiger partial charge in [0.2, 0.25) is 0 Å². The van der Waals surface area contributed by atoms with Crippen LogP contribution in [0.5, 0.6) is 5.75 Å². The molecule has 0 atom stereocenters. The molecule has 0 aliphatic carbocycles. The third-order valence-corrected chi connectivity index (χ3v) is 3.19.